The summed E-state index contributed by atoms with van der Waals surface area (Å²) in [4.78, 5) is 39.2. The van der Waals surface area contributed by atoms with Crippen molar-refractivity contribution in [2.24, 2.45) is 0 Å². The van der Waals surface area contributed by atoms with Gasteiger partial charge in [0.2, 0.25) is 5.91 Å². The van der Waals surface area contributed by atoms with E-state index in [9.17, 15) is 14.4 Å². The lowest BCUT2D eigenvalue weighted by atomic mass is 10.1. The van der Waals surface area contributed by atoms with E-state index >= 15 is 0 Å². The van der Waals surface area contributed by atoms with Crippen molar-refractivity contribution in [3.8, 4) is 5.75 Å². The van der Waals surface area contributed by atoms with E-state index in [1.807, 2.05) is 36.2 Å². The number of nitrogens with one attached hydrogen (secondary N) is 2. The van der Waals surface area contributed by atoms with E-state index in [0.717, 1.165) is 5.39 Å². The summed E-state index contributed by atoms with van der Waals surface area (Å²) in [5.74, 6) is -0.295. The molecule has 0 aliphatic carbocycles. The third-order valence-corrected chi connectivity index (χ3v) is 5.59. The minimum absolute atomic E-state index is 0.344. The van der Waals surface area contributed by atoms with E-state index in [1.165, 1.54) is 13.2 Å². The van der Waals surface area contributed by atoms with Crippen molar-refractivity contribution >= 4 is 39.8 Å². The number of carbonyl (C=O) groups is 2. The molecule has 0 saturated carbocycles. The van der Waals surface area contributed by atoms with Gasteiger partial charge in [0.25, 0.3) is 5.91 Å². The lowest BCUT2D eigenvalue weighted by molar-refractivity contribution is -0.117. The van der Waals surface area contributed by atoms with Crippen LogP contribution in [-0.4, -0.2) is 32.0 Å². The number of ether oxygens (including phenoxy) is 1. The van der Waals surface area contributed by atoms with E-state index in [0.29, 0.717) is 34.0 Å². The van der Waals surface area contributed by atoms with E-state index in [-0.39, 0.29) is 5.91 Å². The Balaban J connectivity index is 1.58. The maximum Gasteiger partial charge on any atom is 0.338 e. The molecule has 0 spiro atoms. The van der Waals surface area contributed by atoms with Gasteiger partial charge in [-0.3, -0.25) is 9.59 Å². The van der Waals surface area contributed by atoms with E-state index in [2.05, 4.69) is 10.6 Å². The molecule has 0 radical (unpaired) electrons. The first-order chi connectivity index (χ1) is 16.9. The Hall–Kier alpha value is -4.59. The number of anilines is 3. The molecule has 8 nitrogen and oxygen atoms in total. The first-order valence-corrected chi connectivity index (χ1v) is 11.0. The van der Waals surface area contributed by atoms with Crippen molar-refractivity contribution in [3.05, 3.63) is 94.8 Å². The number of nitrogens with zero attached hydrogens (tertiary/aromatic N) is 1. The predicted molar refractivity (Wildman–Crippen MR) is 136 cm³/mol. The quantitative estimate of drug-likeness (QED) is 0.389. The molecular weight excluding hydrogens is 446 g/mol. The highest BCUT2D eigenvalue weighted by Crippen LogP contribution is 2.34. The SMILES string of the molecule is COc1ccc(N(C)c2cc(=O)oc3ccccc23)cc1NC(=O)[C@H](C)NC(=O)c1ccccc1. The molecule has 3 aromatic carbocycles. The number of fused-ring (bicyclic) bond motifs is 1. The van der Waals surface area contributed by atoms with Crippen molar-refractivity contribution in [1.82, 2.24) is 5.32 Å². The van der Waals surface area contributed by atoms with Crippen LogP contribution >= 0.6 is 0 Å². The number of rotatable bonds is 7. The van der Waals surface area contributed by atoms with Crippen molar-refractivity contribution in [2.45, 2.75) is 13.0 Å². The van der Waals surface area contributed by atoms with Gasteiger partial charge in [-0.2, -0.15) is 0 Å². The maximum atomic E-state index is 12.9. The summed E-state index contributed by atoms with van der Waals surface area (Å²) in [6.45, 7) is 1.61. The number of para-hydroxylation sites is 1. The molecule has 0 aliphatic heterocycles. The lowest BCUT2D eigenvalue weighted by Gasteiger charge is -2.23. The number of hydrogen-bond acceptors (Lipinski definition) is 6. The van der Waals surface area contributed by atoms with Crippen molar-refractivity contribution < 1.29 is 18.7 Å². The summed E-state index contributed by atoms with van der Waals surface area (Å²) in [5, 5.41) is 6.30. The number of carbonyl (C=O) groups excluding carboxylic acids is 2. The minimum Gasteiger partial charge on any atom is -0.495 e. The summed E-state index contributed by atoms with van der Waals surface area (Å²) in [6, 6.07) is 21.9. The van der Waals surface area contributed by atoms with Crippen LogP contribution in [0.2, 0.25) is 0 Å². The third-order valence-electron chi connectivity index (χ3n) is 5.59. The van der Waals surface area contributed by atoms with Crippen LogP contribution < -0.4 is 25.9 Å². The first-order valence-electron chi connectivity index (χ1n) is 11.0. The van der Waals surface area contributed by atoms with Gasteiger partial charge in [-0.05, 0) is 49.4 Å². The van der Waals surface area contributed by atoms with Crippen LogP contribution in [0.3, 0.4) is 0 Å². The molecule has 35 heavy (non-hydrogen) atoms. The molecule has 8 heteroatoms. The summed E-state index contributed by atoms with van der Waals surface area (Å²) >= 11 is 0. The standard InChI is InChI=1S/C27H25N3O5/c1-17(28-27(33)18-9-5-4-6-10-18)26(32)29-21-15-19(13-14-24(21)34-3)30(2)22-16-25(31)35-23-12-8-7-11-20(22)23/h4-17H,1-3H3,(H,28,33)(H,29,32)/t17-/m0/s1. The average molecular weight is 472 g/mol. The first kappa shape index (κ1) is 23.6. The molecule has 0 saturated heterocycles. The molecule has 4 rings (SSSR count). The topological polar surface area (TPSA) is 101 Å². The van der Waals surface area contributed by atoms with Gasteiger partial charge >= 0.3 is 5.63 Å². The smallest absolute Gasteiger partial charge is 0.338 e. The summed E-state index contributed by atoms with van der Waals surface area (Å²) in [7, 11) is 3.32. The van der Waals surface area contributed by atoms with Crippen molar-refractivity contribution in [1.29, 1.82) is 0 Å². The molecule has 4 aromatic rings. The highest BCUT2D eigenvalue weighted by atomic mass is 16.5. The number of amides is 2. The maximum absolute atomic E-state index is 12.9. The number of methoxy groups -OCH3 is 1. The van der Waals surface area contributed by atoms with Gasteiger partial charge in [0.1, 0.15) is 17.4 Å². The van der Waals surface area contributed by atoms with Crippen molar-refractivity contribution in [2.75, 3.05) is 24.4 Å². The number of hydrogen-bond donors (Lipinski definition) is 2. The predicted octanol–water partition coefficient (Wildman–Crippen LogP) is 4.33. The molecule has 0 bridgehead atoms. The zero-order chi connectivity index (χ0) is 24.9. The Bertz CT molecular complexity index is 1430. The largest absolute Gasteiger partial charge is 0.495 e. The van der Waals surface area contributed by atoms with Crippen LogP contribution in [0, 0.1) is 0 Å². The monoisotopic (exact) mass is 471 g/mol. The summed E-state index contributed by atoms with van der Waals surface area (Å²) in [6.07, 6.45) is 0. The minimum atomic E-state index is -0.795. The van der Waals surface area contributed by atoms with Gasteiger partial charge in [0.15, 0.2) is 0 Å². The Morgan fingerprint density at radius 3 is 2.43 bits per heavy atom. The Morgan fingerprint density at radius 1 is 0.971 bits per heavy atom. The van der Waals surface area contributed by atoms with Gasteiger partial charge in [-0.15, -0.1) is 0 Å². The molecule has 1 atom stereocenters. The van der Waals surface area contributed by atoms with Gasteiger partial charge < -0.3 is 24.7 Å². The van der Waals surface area contributed by atoms with Gasteiger partial charge in [-0.1, -0.05) is 30.3 Å². The summed E-state index contributed by atoms with van der Waals surface area (Å²) in [5.41, 5.74) is 2.27. The van der Waals surface area contributed by atoms with Gasteiger partial charge in [-0.25, -0.2) is 4.79 Å². The molecule has 178 valence electrons. The zero-order valence-corrected chi connectivity index (χ0v) is 19.6. The average Bonchev–Trinajstić information content (AvgIpc) is 2.88. The van der Waals surface area contributed by atoms with E-state index in [4.69, 9.17) is 9.15 Å². The highest BCUT2D eigenvalue weighted by Gasteiger charge is 2.19. The third kappa shape index (κ3) is 5.16. The molecule has 2 amide bonds. The van der Waals surface area contributed by atoms with Crippen LogP contribution in [-0.2, 0) is 4.79 Å². The molecule has 1 aromatic heterocycles. The Labute approximate surface area is 202 Å². The number of benzene rings is 3. The Kier molecular flexibility index (Phi) is 6.82. The molecule has 0 fully saturated rings. The highest BCUT2D eigenvalue weighted by molar-refractivity contribution is 6.02. The van der Waals surface area contributed by atoms with Crippen LogP contribution in [0.15, 0.2) is 88.1 Å². The lowest BCUT2D eigenvalue weighted by Crippen LogP contribution is -2.41. The van der Waals surface area contributed by atoms with Gasteiger partial charge in [0.05, 0.1) is 18.5 Å². The Morgan fingerprint density at radius 2 is 1.69 bits per heavy atom. The second-order valence-electron chi connectivity index (χ2n) is 7.94. The zero-order valence-electron chi connectivity index (χ0n) is 19.6. The van der Waals surface area contributed by atoms with E-state index in [1.54, 1.807) is 55.5 Å². The molecular formula is C27H25N3O5. The molecule has 2 N–H and O–H groups in total. The van der Waals surface area contributed by atoms with Crippen LogP contribution in [0.5, 0.6) is 5.75 Å². The van der Waals surface area contributed by atoms with E-state index < -0.39 is 17.6 Å². The molecule has 0 unspecified atom stereocenters. The van der Waals surface area contributed by atoms with Crippen LogP contribution in [0.1, 0.15) is 17.3 Å². The second kappa shape index (κ2) is 10.1. The second-order valence-corrected chi connectivity index (χ2v) is 7.94. The summed E-state index contributed by atoms with van der Waals surface area (Å²) < 4.78 is 10.7. The fraction of sp³-hybridized carbons (Fsp3) is 0.148. The fourth-order valence-corrected chi connectivity index (χ4v) is 3.69. The fourth-order valence-electron chi connectivity index (χ4n) is 3.69. The normalized spacial score (nSPS) is 11.5. The van der Waals surface area contributed by atoms with Crippen molar-refractivity contribution in [3.63, 3.8) is 0 Å². The van der Waals surface area contributed by atoms with Crippen LogP contribution in [0.25, 0.3) is 11.0 Å². The molecule has 0 aliphatic rings. The van der Waals surface area contributed by atoms with Crippen LogP contribution in [0.4, 0.5) is 17.1 Å². The molecule has 1 heterocycles. The van der Waals surface area contributed by atoms with Gasteiger partial charge in [0, 0.05) is 29.8 Å².